The zero-order chi connectivity index (χ0) is 12.4. The monoisotopic (exact) mass is 246 g/mol. The molecule has 1 aliphatic heterocycles. The SMILES string of the molecule is COc1cc2c(cc1-c1ncc[nH]1)OCCCO2. The van der Waals surface area contributed by atoms with E-state index < -0.39 is 0 Å². The molecule has 5 nitrogen and oxygen atoms in total. The molecule has 0 aliphatic carbocycles. The number of imidazole rings is 1. The minimum Gasteiger partial charge on any atom is -0.496 e. The summed E-state index contributed by atoms with van der Waals surface area (Å²) in [7, 11) is 1.63. The number of aromatic nitrogens is 2. The first-order valence-electron chi connectivity index (χ1n) is 5.86. The third-order valence-electron chi connectivity index (χ3n) is 2.82. The molecule has 1 aromatic carbocycles. The van der Waals surface area contributed by atoms with Crippen molar-refractivity contribution < 1.29 is 14.2 Å². The molecule has 1 N–H and O–H groups in total. The Morgan fingerprint density at radius 3 is 2.67 bits per heavy atom. The molecule has 0 atom stereocenters. The Hall–Kier alpha value is -2.17. The van der Waals surface area contributed by atoms with Gasteiger partial charge in [-0.25, -0.2) is 4.98 Å². The molecule has 3 rings (SSSR count). The molecule has 1 aliphatic rings. The molecule has 0 saturated heterocycles. The minimum atomic E-state index is 0.663. The summed E-state index contributed by atoms with van der Waals surface area (Å²) in [6.07, 6.45) is 4.36. The molecule has 0 bridgehead atoms. The molecule has 0 spiro atoms. The smallest absolute Gasteiger partial charge is 0.164 e. The van der Waals surface area contributed by atoms with E-state index in [4.69, 9.17) is 14.2 Å². The topological polar surface area (TPSA) is 56.4 Å². The number of benzene rings is 1. The van der Waals surface area contributed by atoms with Crippen molar-refractivity contribution in [1.82, 2.24) is 9.97 Å². The second kappa shape index (κ2) is 4.60. The van der Waals surface area contributed by atoms with Gasteiger partial charge in [0.05, 0.1) is 25.9 Å². The summed E-state index contributed by atoms with van der Waals surface area (Å²) >= 11 is 0. The fourth-order valence-corrected chi connectivity index (χ4v) is 1.96. The lowest BCUT2D eigenvalue weighted by molar-refractivity contribution is 0.296. The Labute approximate surface area is 105 Å². The van der Waals surface area contributed by atoms with Crippen molar-refractivity contribution >= 4 is 0 Å². The van der Waals surface area contributed by atoms with E-state index in [2.05, 4.69) is 9.97 Å². The Morgan fingerprint density at radius 1 is 1.22 bits per heavy atom. The number of rotatable bonds is 2. The summed E-state index contributed by atoms with van der Waals surface area (Å²) in [5.41, 5.74) is 0.867. The summed E-state index contributed by atoms with van der Waals surface area (Å²) in [4.78, 5) is 7.30. The van der Waals surface area contributed by atoms with Crippen LogP contribution in [0.15, 0.2) is 24.5 Å². The highest BCUT2D eigenvalue weighted by Crippen LogP contribution is 2.40. The van der Waals surface area contributed by atoms with Crippen molar-refractivity contribution in [2.75, 3.05) is 20.3 Å². The molecular formula is C13H14N2O3. The average Bonchev–Trinajstić information content (AvgIpc) is 2.83. The van der Waals surface area contributed by atoms with Crippen LogP contribution in [-0.2, 0) is 0 Å². The minimum absolute atomic E-state index is 0.663. The molecule has 0 fully saturated rings. The third-order valence-corrected chi connectivity index (χ3v) is 2.82. The van der Waals surface area contributed by atoms with Gasteiger partial charge >= 0.3 is 0 Å². The lowest BCUT2D eigenvalue weighted by Gasteiger charge is -2.12. The van der Waals surface area contributed by atoms with Crippen molar-refractivity contribution in [3.8, 4) is 28.6 Å². The Morgan fingerprint density at radius 2 is 2.00 bits per heavy atom. The first kappa shape index (κ1) is 11.0. The van der Waals surface area contributed by atoms with Gasteiger partial charge in [-0.3, -0.25) is 0 Å². The summed E-state index contributed by atoms with van der Waals surface area (Å²) in [5.74, 6) is 2.93. The molecule has 0 amide bonds. The Kier molecular flexibility index (Phi) is 2.80. The average molecular weight is 246 g/mol. The number of H-pyrrole nitrogens is 1. The van der Waals surface area contributed by atoms with E-state index >= 15 is 0 Å². The molecular weight excluding hydrogens is 232 g/mol. The number of aromatic amines is 1. The fourth-order valence-electron chi connectivity index (χ4n) is 1.96. The van der Waals surface area contributed by atoms with Crippen LogP contribution in [0.3, 0.4) is 0 Å². The van der Waals surface area contributed by atoms with Gasteiger partial charge in [0.25, 0.3) is 0 Å². The Bertz CT molecular complexity index is 537. The predicted molar refractivity (Wildman–Crippen MR) is 66.2 cm³/mol. The van der Waals surface area contributed by atoms with Gasteiger partial charge in [-0.1, -0.05) is 0 Å². The highest BCUT2D eigenvalue weighted by Gasteiger charge is 2.17. The first-order valence-corrected chi connectivity index (χ1v) is 5.86. The van der Waals surface area contributed by atoms with Crippen molar-refractivity contribution in [3.05, 3.63) is 24.5 Å². The van der Waals surface area contributed by atoms with E-state index in [0.29, 0.717) is 19.0 Å². The summed E-state index contributed by atoms with van der Waals surface area (Å²) in [6, 6.07) is 3.75. The van der Waals surface area contributed by atoms with E-state index in [-0.39, 0.29) is 0 Å². The van der Waals surface area contributed by atoms with Gasteiger partial charge in [0.15, 0.2) is 11.5 Å². The van der Waals surface area contributed by atoms with Crippen LogP contribution in [0.2, 0.25) is 0 Å². The second-order valence-electron chi connectivity index (χ2n) is 3.99. The molecule has 2 heterocycles. The molecule has 18 heavy (non-hydrogen) atoms. The molecule has 2 aromatic rings. The lowest BCUT2D eigenvalue weighted by Crippen LogP contribution is -1.97. The van der Waals surface area contributed by atoms with Crippen LogP contribution in [0, 0.1) is 0 Å². The number of nitrogens with zero attached hydrogens (tertiary/aromatic N) is 1. The van der Waals surface area contributed by atoms with Gasteiger partial charge < -0.3 is 19.2 Å². The number of hydrogen-bond acceptors (Lipinski definition) is 4. The van der Waals surface area contributed by atoms with Gasteiger partial charge in [0, 0.05) is 24.9 Å². The highest BCUT2D eigenvalue weighted by atomic mass is 16.5. The normalized spacial score (nSPS) is 14.1. The maximum atomic E-state index is 5.66. The standard InChI is InChI=1S/C13H14N2O3/c1-16-10-8-12-11(17-5-2-6-18-12)7-9(10)13-14-3-4-15-13/h3-4,7-8H,2,5-6H2,1H3,(H,14,15). The van der Waals surface area contributed by atoms with Crippen LogP contribution in [-0.4, -0.2) is 30.3 Å². The van der Waals surface area contributed by atoms with E-state index in [1.165, 1.54) is 0 Å². The van der Waals surface area contributed by atoms with Crippen LogP contribution in [0.25, 0.3) is 11.4 Å². The number of ether oxygens (including phenoxy) is 3. The van der Waals surface area contributed by atoms with E-state index in [1.807, 2.05) is 12.1 Å². The van der Waals surface area contributed by atoms with Crippen molar-refractivity contribution in [2.24, 2.45) is 0 Å². The quantitative estimate of drug-likeness (QED) is 0.883. The van der Waals surface area contributed by atoms with Crippen molar-refractivity contribution in [3.63, 3.8) is 0 Å². The number of fused-ring (bicyclic) bond motifs is 1. The van der Waals surface area contributed by atoms with Crippen LogP contribution >= 0.6 is 0 Å². The van der Waals surface area contributed by atoms with Gasteiger partial charge in [0.1, 0.15) is 11.6 Å². The zero-order valence-electron chi connectivity index (χ0n) is 10.1. The lowest BCUT2D eigenvalue weighted by atomic mass is 10.1. The Balaban J connectivity index is 2.11. The van der Waals surface area contributed by atoms with E-state index in [0.717, 1.165) is 29.3 Å². The molecule has 1 aromatic heterocycles. The highest BCUT2D eigenvalue weighted by molar-refractivity contribution is 5.69. The van der Waals surface area contributed by atoms with Crippen molar-refractivity contribution in [1.29, 1.82) is 0 Å². The molecule has 0 saturated carbocycles. The van der Waals surface area contributed by atoms with Crippen LogP contribution in [0.4, 0.5) is 0 Å². The summed E-state index contributed by atoms with van der Waals surface area (Å²) in [6.45, 7) is 1.33. The van der Waals surface area contributed by atoms with Gasteiger partial charge in [-0.15, -0.1) is 0 Å². The van der Waals surface area contributed by atoms with Crippen molar-refractivity contribution in [2.45, 2.75) is 6.42 Å². The van der Waals surface area contributed by atoms with Crippen LogP contribution < -0.4 is 14.2 Å². The van der Waals surface area contributed by atoms with Crippen LogP contribution in [0.5, 0.6) is 17.2 Å². The number of hydrogen-bond donors (Lipinski definition) is 1. The van der Waals surface area contributed by atoms with E-state index in [1.54, 1.807) is 19.5 Å². The van der Waals surface area contributed by atoms with E-state index in [9.17, 15) is 0 Å². The molecule has 0 radical (unpaired) electrons. The van der Waals surface area contributed by atoms with Gasteiger partial charge in [0.2, 0.25) is 0 Å². The first-order chi connectivity index (χ1) is 8.88. The van der Waals surface area contributed by atoms with Gasteiger partial charge in [-0.2, -0.15) is 0 Å². The molecule has 5 heteroatoms. The predicted octanol–water partition coefficient (Wildman–Crippen LogP) is 2.25. The third kappa shape index (κ3) is 1.88. The summed E-state index contributed by atoms with van der Waals surface area (Å²) in [5, 5.41) is 0. The second-order valence-corrected chi connectivity index (χ2v) is 3.99. The zero-order valence-corrected chi connectivity index (χ0v) is 10.1. The largest absolute Gasteiger partial charge is 0.496 e. The maximum Gasteiger partial charge on any atom is 0.164 e. The fraction of sp³-hybridized carbons (Fsp3) is 0.308. The molecule has 94 valence electrons. The summed E-state index contributed by atoms with van der Waals surface area (Å²) < 4.78 is 16.7. The molecule has 0 unspecified atom stereocenters. The number of methoxy groups -OCH3 is 1. The van der Waals surface area contributed by atoms with Gasteiger partial charge in [-0.05, 0) is 6.07 Å². The maximum absolute atomic E-state index is 5.66. The number of nitrogens with one attached hydrogen (secondary N) is 1. The van der Waals surface area contributed by atoms with Crippen LogP contribution in [0.1, 0.15) is 6.42 Å².